The molecular formula is C15H29NO. The highest BCUT2D eigenvalue weighted by molar-refractivity contribution is 4.97. The monoisotopic (exact) mass is 239 g/mol. The Morgan fingerprint density at radius 1 is 1.00 bits per heavy atom. The molecule has 2 saturated carbocycles. The van der Waals surface area contributed by atoms with Crippen LogP contribution in [0.4, 0.5) is 0 Å². The summed E-state index contributed by atoms with van der Waals surface area (Å²) in [6, 6.07) is 1.08. The Hall–Kier alpha value is -0.0800. The molecule has 0 unspecified atom stereocenters. The summed E-state index contributed by atoms with van der Waals surface area (Å²) in [4.78, 5) is 0. The first-order chi connectivity index (χ1) is 8.12. The zero-order chi connectivity index (χ0) is 12.3. The largest absolute Gasteiger partial charge is 0.390 e. The SMILES string of the molecule is CC(C)N[C@H]1CCCCC[C@H]1C1(O)CCCC1. The molecule has 17 heavy (non-hydrogen) atoms. The van der Waals surface area contributed by atoms with Crippen LogP contribution in [0.2, 0.25) is 0 Å². The minimum atomic E-state index is -0.350. The van der Waals surface area contributed by atoms with E-state index in [1.54, 1.807) is 0 Å². The van der Waals surface area contributed by atoms with Crippen LogP contribution in [0.5, 0.6) is 0 Å². The minimum absolute atomic E-state index is 0.350. The Morgan fingerprint density at radius 3 is 2.29 bits per heavy atom. The number of nitrogens with one attached hydrogen (secondary N) is 1. The lowest BCUT2D eigenvalue weighted by Crippen LogP contribution is -2.49. The lowest BCUT2D eigenvalue weighted by molar-refractivity contribution is -0.0316. The molecule has 0 aromatic carbocycles. The summed E-state index contributed by atoms with van der Waals surface area (Å²) in [6.07, 6.45) is 11.0. The van der Waals surface area contributed by atoms with Crippen LogP contribution < -0.4 is 5.32 Å². The summed E-state index contributed by atoms with van der Waals surface area (Å²) in [5, 5.41) is 14.6. The summed E-state index contributed by atoms with van der Waals surface area (Å²) in [7, 11) is 0. The molecule has 2 heteroatoms. The van der Waals surface area contributed by atoms with E-state index in [-0.39, 0.29) is 5.60 Å². The standard InChI is InChI=1S/C15H29NO/c1-12(2)16-14-9-5-3-4-8-13(14)15(17)10-6-7-11-15/h12-14,16-17H,3-11H2,1-2H3/t13-,14+/m1/s1. The highest BCUT2D eigenvalue weighted by Gasteiger charge is 2.43. The van der Waals surface area contributed by atoms with Crippen molar-refractivity contribution in [2.24, 2.45) is 5.92 Å². The molecule has 0 radical (unpaired) electrons. The normalized spacial score (nSPS) is 33.9. The number of rotatable bonds is 3. The maximum Gasteiger partial charge on any atom is 0.0690 e. The van der Waals surface area contributed by atoms with E-state index < -0.39 is 0 Å². The summed E-state index contributed by atoms with van der Waals surface area (Å²) >= 11 is 0. The Labute approximate surface area is 106 Å². The molecule has 2 nitrogen and oxygen atoms in total. The van der Waals surface area contributed by atoms with Crippen molar-refractivity contribution in [2.75, 3.05) is 0 Å². The third-order valence-electron chi connectivity index (χ3n) is 4.72. The van der Waals surface area contributed by atoms with Gasteiger partial charge in [0, 0.05) is 18.0 Å². The first kappa shape index (κ1) is 13.4. The van der Waals surface area contributed by atoms with E-state index in [4.69, 9.17) is 0 Å². The lowest BCUT2D eigenvalue weighted by atomic mass is 9.77. The third-order valence-corrected chi connectivity index (χ3v) is 4.72. The smallest absolute Gasteiger partial charge is 0.0690 e. The zero-order valence-electron chi connectivity index (χ0n) is 11.5. The molecule has 0 bridgehead atoms. The Bertz CT molecular complexity index is 233. The van der Waals surface area contributed by atoms with Gasteiger partial charge in [0.1, 0.15) is 0 Å². The van der Waals surface area contributed by atoms with Gasteiger partial charge in [-0.2, -0.15) is 0 Å². The van der Waals surface area contributed by atoms with Crippen LogP contribution in [-0.4, -0.2) is 22.8 Å². The van der Waals surface area contributed by atoms with Crippen molar-refractivity contribution >= 4 is 0 Å². The van der Waals surface area contributed by atoms with Gasteiger partial charge < -0.3 is 10.4 Å². The van der Waals surface area contributed by atoms with Crippen LogP contribution >= 0.6 is 0 Å². The second-order valence-electron chi connectivity index (χ2n) is 6.48. The number of hydrogen-bond acceptors (Lipinski definition) is 2. The van der Waals surface area contributed by atoms with Crippen LogP contribution in [0.1, 0.15) is 71.6 Å². The fraction of sp³-hybridized carbons (Fsp3) is 1.00. The van der Waals surface area contributed by atoms with E-state index in [1.807, 2.05) is 0 Å². The Kier molecular flexibility index (Phi) is 4.48. The fourth-order valence-corrected chi connectivity index (χ4v) is 3.94. The van der Waals surface area contributed by atoms with E-state index in [0.717, 1.165) is 12.8 Å². The Balaban J connectivity index is 2.07. The van der Waals surface area contributed by atoms with E-state index in [1.165, 1.54) is 44.9 Å². The maximum atomic E-state index is 10.9. The van der Waals surface area contributed by atoms with Gasteiger partial charge in [-0.25, -0.2) is 0 Å². The number of aliphatic hydroxyl groups is 1. The van der Waals surface area contributed by atoms with Crippen molar-refractivity contribution in [3.8, 4) is 0 Å². The molecule has 100 valence electrons. The first-order valence-electron chi connectivity index (χ1n) is 7.60. The maximum absolute atomic E-state index is 10.9. The van der Waals surface area contributed by atoms with Gasteiger partial charge in [-0.05, 0) is 25.7 Å². The third kappa shape index (κ3) is 3.23. The van der Waals surface area contributed by atoms with E-state index in [0.29, 0.717) is 18.0 Å². The molecule has 0 aromatic rings. The van der Waals surface area contributed by atoms with Crippen molar-refractivity contribution < 1.29 is 5.11 Å². The molecule has 0 amide bonds. The van der Waals surface area contributed by atoms with Gasteiger partial charge in [-0.15, -0.1) is 0 Å². The van der Waals surface area contributed by atoms with Gasteiger partial charge in [-0.3, -0.25) is 0 Å². The second-order valence-corrected chi connectivity index (χ2v) is 6.48. The molecule has 2 rings (SSSR count). The van der Waals surface area contributed by atoms with Gasteiger partial charge in [-0.1, -0.05) is 46.0 Å². The fourth-order valence-electron chi connectivity index (χ4n) is 3.94. The first-order valence-corrected chi connectivity index (χ1v) is 7.60. The van der Waals surface area contributed by atoms with Gasteiger partial charge >= 0.3 is 0 Å². The average Bonchev–Trinajstić information content (AvgIpc) is 2.57. The summed E-state index contributed by atoms with van der Waals surface area (Å²) < 4.78 is 0. The molecular weight excluding hydrogens is 210 g/mol. The molecule has 0 saturated heterocycles. The topological polar surface area (TPSA) is 32.3 Å². The van der Waals surface area contributed by atoms with Crippen LogP contribution in [0.25, 0.3) is 0 Å². The molecule has 2 aliphatic rings. The van der Waals surface area contributed by atoms with Crippen molar-refractivity contribution in [3.63, 3.8) is 0 Å². The summed E-state index contributed by atoms with van der Waals surface area (Å²) in [5.74, 6) is 0.495. The second kappa shape index (κ2) is 5.71. The van der Waals surface area contributed by atoms with Gasteiger partial charge in [0.25, 0.3) is 0 Å². The molecule has 0 heterocycles. The molecule has 2 atom stereocenters. The Morgan fingerprint density at radius 2 is 1.65 bits per heavy atom. The van der Waals surface area contributed by atoms with Gasteiger partial charge in [0.05, 0.1) is 5.60 Å². The van der Waals surface area contributed by atoms with Crippen molar-refractivity contribution in [3.05, 3.63) is 0 Å². The minimum Gasteiger partial charge on any atom is -0.390 e. The van der Waals surface area contributed by atoms with Crippen molar-refractivity contribution in [1.82, 2.24) is 5.32 Å². The number of hydrogen-bond donors (Lipinski definition) is 2. The summed E-state index contributed by atoms with van der Waals surface area (Å²) in [5.41, 5.74) is -0.350. The molecule has 2 aliphatic carbocycles. The van der Waals surface area contributed by atoms with Crippen LogP contribution in [0.3, 0.4) is 0 Å². The quantitative estimate of drug-likeness (QED) is 0.741. The molecule has 2 fully saturated rings. The highest BCUT2D eigenvalue weighted by atomic mass is 16.3. The van der Waals surface area contributed by atoms with E-state index in [9.17, 15) is 5.11 Å². The lowest BCUT2D eigenvalue weighted by Gasteiger charge is -2.39. The van der Waals surface area contributed by atoms with E-state index >= 15 is 0 Å². The molecule has 0 aromatic heterocycles. The van der Waals surface area contributed by atoms with Crippen LogP contribution in [0.15, 0.2) is 0 Å². The van der Waals surface area contributed by atoms with Gasteiger partial charge in [0.15, 0.2) is 0 Å². The van der Waals surface area contributed by atoms with Crippen molar-refractivity contribution in [2.45, 2.75) is 89.3 Å². The van der Waals surface area contributed by atoms with Crippen molar-refractivity contribution in [1.29, 1.82) is 0 Å². The molecule has 0 spiro atoms. The average molecular weight is 239 g/mol. The summed E-state index contributed by atoms with van der Waals surface area (Å²) in [6.45, 7) is 4.45. The van der Waals surface area contributed by atoms with Gasteiger partial charge in [0.2, 0.25) is 0 Å². The van der Waals surface area contributed by atoms with E-state index in [2.05, 4.69) is 19.2 Å². The zero-order valence-corrected chi connectivity index (χ0v) is 11.5. The predicted octanol–water partition coefficient (Wildman–Crippen LogP) is 3.24. The molecule has 2 N–H and O–H groups in total. The highest BCUT2D eigenvalue weighted by Crippen LogP contribution is 2.42. The van der Waals surface area contributed by atoms with Crippen LogP contribution in [-0.2, 0) is 0 Å². The van der Waals surface area contributed by atoms with Crippen LogP contribution in [0, 0.1) is 5.92 Å². The predicted molar refractivity (Wildman–Crippen MR) is 72.1 cm³/mol. The molecule has 0 aliphatic heterocycles.